The zero-order valence-corrected chi connectivity index (χ0v) is 9.39. The lowest BCUT2D eigenvalue weighted by molar-refractivity contribution is 0.677. The average molecular weight is 242 g/mol. The van der Waals surface area contributed by atoms with E-state index in [4.69, 9.17) is 0 Å². The molecule has 0 amide bonds. The maximum absolute atomic E-state index is 3.38. The Hall–Kier alpha value is -0.340. The van der Waals surface area contributed by atoms with Gasteiger partial charge >= 0.3 is 0 Å². The molecule has 0 aliphatic carbocycles. The highest BCUT2D eigenvalue weighted by Crippen LogP contribution is 2.01. The molecule has 0 aromatic heterocycles. The Kier molecular flexibility index (Phi) is 5.87. The summed E-state index contributed by atoms with van der Waals surface area (Å²) in [6, 6.07) is 10.6. The number of rotatable bonds is 6. The van der Waals surface area contributed by atoms with Crippen LogP contribution in [-0.2, 0) is 6.42 Å². The summed E-state index contributed by atoms with van der Waals surface area (Å²) < 4.78 is 0. The summed E-state index contributed by atoms with van der Waals surface area (Å²) in [5.74, 6) is 0. The molecule has 0 aliphatic rings. The van der Waals surface area contributed by atoms with E-state index in [9.17, 15) is 0 Å². The van der Waals surface area contributed by atoms with Crippen LogP contribution in [0.3, 0.4) is 0 Å². The topological polar surface area (TPSA) is 12.0 Å². The van der Waals surface area contributed by atoms with Gasteiger partial charge in [0.2, 0.25) is 0 Å². The van der Waals surface area contributed by atoms with Crippen molar-refractivity contribution in [2.75, 3.05) is 18.4 Å². The summed E-state index contributed by atoms with van der Waals surface area (Å²) in [5.41, 5.74) is 1.43. The molecule has 0 fully saturated rings. The Morgan fingerprint density at radius 3 is 2.54 bits per heavy atom. The van der Waals surface area contributed by atoms with Crippen molar-refractivity contribution in [3.63, 3.8) is 0 Å². The van der Waals surface area contributed by atoms with Gasteiger partial charge in [-0.2, -0.15) is 0 Å². The minimum Gasteiger partial charge on any atom is -0.316 e. The molecule has 0 saturated carbocycles. The summed E-state index contributed by atoms with van der Waals surface area (Å²) >= 11 is 3.38. The van der Waals surface area contributed by atoms with Crippen LogP contribution < -0.4 is 5.32 Å². The monoisotopic (exact) mass is 241 g/mol. The molecular formula is C11H16BrN. The van der Waals surface area contributed by atoms with Gasteiger partial charge in [-0.3, -0.25) is 0 Å². The van der Waals surface area contributed by atoms with Crippen molar-refractivity contribution >= 4 is 15.9 Å². The minimum atomic E-state index is 1.04. The fourth-order valence-corrected chi connectivity index (χ4v) is 1.53. The van der Waals surface area contributed by atoms with Crippen molar-refractivity contribution in [2.24, 2.45) is 0 Å². The van der Waals surface area contributed by atoms with E-state index in [0.29, 0.717) is 0 Å². The van der Waals surface area contributed by atoms with Crippen LogP contribution in [-0.4, -0.2) is 18.4 Å². The molecule has 0 aliphatic heterocycles. The molecule has 2 heteroatoms. The van der Waals surface area contributed by atoms with Crippen molar-refractivity contribution in [3.05, 3.63) is 35.9 Å². The molecule has 0 bridgehead atoms. The van der Waals surface area contributed by atoms with E-state index in [1.165, 1.54) is 18.4 Å². The molecule has 1 rings (SSSR count). The van der Waals surface area contributed by atoms with E-state index in [1.54, 1.807) is 0 Å². The lowest BCUT2D eigenvalue weighted by Crippen LogP contribution is -2.17. The van der Waals surface area contributed by atoms with Gasteiger partial charge in [-0.1, -0.05) is 46.3 Å². The molecule has 13 heavy (non-hydrogen) atoms. The largest absolute Gasteiger partial charge is 0.316 e. The van der Waals surface area contributed by atoms with E-state index in [-0.39, 0.29) is 0 Å². The van der Waals surface area contributed by atoms with Crippen LogP contribution >= 0.6 is 15.9 Å². The number of alkyl halides is 1. The Balaban J connectivity index is 2.07. The molecule has 0 saturated heterocycles. The first-order valence-electron chi connectivity index (χ1n) is 4.74. The van der Waals surface area contributed by atoms with Crippen LogP contribution in [0.25, 0.3) is 0 Å². The van der Waals surface area contributed by atoms with Crippen molar-refractivity contribution in [1.82, 2.24) is 5.32 Å². The highest BCUT2D eigenvalue weighted by atomic mass is 79.9. The Morgan fingerprint density at radius 2 is 1.85 bits per heavy atom. The van der Waals surface area contributed by atoms with Crippen molar-refractivity contribution < 1.29 is 0 Å². The highest BCUT2D eigenvalue weighted by molar-refractivity contribution is 9.09. The first-order valence-corrected chi connectivity index (χ1v) is 5.86. The van der Waals surface area contributed by atoms with Gasteiger partial charge < -0.3 is 5.32 Å². The first-order chi connectivity index (χ1) is 6.43. The van der Waals surface area contributed by atoms with Crippen molar-refractivity contribution in [3.8, 4) is 0 Å². The van der Waals surface area contributed by atoms with Gasteiger partial charge in [0.15, 0.2) is 0 Å². The predicted molar refractivity (Wildman–Crippen MR) is 61.4 cm³/mol. The summed E-state index contributed by atoms with van der Waals surface area (Å²) in [5, 5.41) is 4.40. The number of benzene rings is 1. The first kappa shape index (κ1) is 10.7. The maximum atomic E-state index is 3.38. The fourth-order valence-electron chi connectivity index (χ4n) is 1.25. The van der Waals surface area contributed by atoms with Gasteiger partial charge in [-0.25, -0.2) is 0 Å². The molecule has 0 atom stereocenters. The number of hydrogen-bond acceptors (Lipinski definition) is 1. The molecule has 0 heterocycles. The Bertz CT molecular complexity index is 211. The number of nitrogens with one attached hydrogen (secondary N) is 1. The summed E-state index contributed by atoms with van der Waals surface area (Å²) in [7, 11) is 0. The number of hydrogen-bond donors (Lipinski definition) is 1. The smallest absolute Gasteiger partial charge is 0.0157 e. The van der Waals surface area contributed by atoms with Crippen LogP contribution in [0.1, 0.15) is 12.0 Å². The van der Waals surface area contributed by atoms with Gasteiger partial charge in [-0.05, 0) is 24.9 Å². The maximum Gasteiger partial charge on any atom is 0.0157 e. The van der Waals surface area contributed by atoms with Gasteiger partial charge in [0.05, 0.1) is 0 Å². The van der Waals surface area contributed by atoms with E-state index >= 15 is 0 Å². The van der Waals surface area contributed by atoms with E-state index < -0.39 is 0 Å². The third-order valence-electron chi connectivity index (χ3n) is 1.93. The van der Waals surface area contributed by atoms with Crippen LogP contribution in [0.4, 0.5) is 0 Å². The lowest BCUT2D eigenvalue weighted by atomic mass is 10.1. The number of aryl methyl sites for hydroxylation is 1. The zero-order valence-electron chi connectivity index (χ0n) is 7.80. The normalized spacial score (nSPS) is 10.2. The molecule has 72 valence electrons. The van der Waals surface area contributed by atoms with Gasteiger partial charge in [-0.15, -0.1) is 0 Å². The molecule has 1 N–H and O–H groups in total. The fraction of sp³-hybridized carbons (Fsp3) is 0.455. The lowest BCUT2D eigenvalue weighted by Gasteiger charge is -2.02. The van der Waals surface area contributed by atoms with E-state index in [0.717, 1.165) is 18.4 Å². The van der Waals surface area contributed by atoms with Crippen molar-refractivity contribution in [2.45, 2.75) is 12.8 Å². The summed E-state index contributed by atoms with van der Waals surface area (Å²) in [6.07, 6.45) is 2.40. The molecule has 0 unspecified atom stereocenters. The van der Waals surface area contributed by atoms with Crippen molar-refractivity contribution in [1.29, 1.82) is 0 Å². The molecule has 0 radical (unpaired) electrons. The molecule has 1 aromatic rings. The standard InChI is InChI=1S/C11H16BrN/c12-8-10-13-9-4-7-11-5-2-1-3-6-11/h1-3,5-6,13H,4,7-10H2. The average Bonchev–Trinajstić information content (AvgIpc) is 2.19. The third kappa shape index (κ3) is 5.06. The van der Waals surface area contributed by atoms with Gasteiger partial charge in [0.25, 0.3) is 0 Å². The molecule has 0 spiro atoms. The molecular weight excluding hydrogens is 226 g/mol. The summed E-state index contributed by atoms with van der Waals surface area (Å²) in [4.78, 5) is 0. The van der Waals surface area contributed by atoms with Crippen LogP contribution in [0.15, 0.2) is 30.3 Å². The second-order valence-corrected chi connectivity index (χ2v) is 3.82. The quantitative estimate of drug-likeness (QED) is 0.597. The molecule has 1 nitrogen and oxygen atoms in total. The SMILES string of the molecule is BrCCNCCCc1ccccc1. The Morgan fingerprint density at radius 1 is 1.08 bits per heavy atom. The second-order valence-electron chi connectivity index (χ2n) is 3.03. The summed E-state index contributed by atoms with van der Waals surface area (Å²) in [6.45, 7) is 2.18. The number of halogens is 1. The van der Waals surface area contributed by atoms with E-state index in [2.05, 4.69) is 51.6 Å². The molecule has 1 aromatic carbocycles. The van der Waals surface area contributed by atoms with Crippen LogP contribution in [0.5, 0.6) is 0 Å². The van der Waals surface area contributed by atoms with Crippen LogP contribution in [0, 0.1) is 0 Å². The third-order valence-corrected chi connectivity index (χ3v) is 2.33. The van der Waals surface area contributed by atoms with Crippen LogP contribution in [0.2, 0.25) is 0 Å². The van der Waals surface area contributed by atoms with Gasteiger partial charge in [0, 0.05) is 11.9 Å². The minimum absolute atomic E-state index is 1.04. The predicted octanol–water partition coefficient (Wildman–Crippen LogP) is 2.60. The second kappa shape index (κ2) is 7.10. The van der Waals surface area contributed by atoms with E-state index in [1.807, 2.05) is 0 Å². The Labute approximate surface area is 88.7 Å². The zero-order chi connectivity index (χ0) is 9.36. The highest BCUT2D eigenvalue weighted by Gasteiger charge is 1.90. The van der Waals surface area contributed by atoms with Gasteiger partial charge in [0.1, 0.15) is 0 Å².